The maximum atomic E-state index is 11.7. The molecule has 1 N–H and O–H groups in total. The Kier molecular flexibility index (Phi) is 6.01. The molecule has 1 aliphatic rings. The third-order valence-corrected chi connectivity index (χ3v) is 3.49. The first kappa shape index (κ1) is 16.1. The highest BCUT2D eigenvalue weighted by molar-refractivity contribution is 5.87. The third-order valence-electron chi connectivity index (χ3n) is 3.49. The monoisotopic (exact) mass is 302 g/mol. The van der Waals surface area contributed by atoms with E-state index in [1.165, 1.54) is 12.3 Å². The second-order valence-corrected chi connectivity index (χ2v) is 5.21. The van der Waals surface area contributed by atoms with E-state index in [0.717, 1.165) is 24.1 Å². The predicted molar refractivity (Wildman–Crippen MR) is 83.7 cm³/mol. The number of ether oxygens (including phenoxy) is 1. The summed E-state index contributed by atoms with van der Waals surface area (Å²) in [4.78, 5) is 25.1. The Bertz CT molecular complexity index is 555. The van der Waals surface area contributed by atoms with Crippen LogP contribution in [-0.4, -0.2) is 29.9 Å². The highest BCUT2D eigenvalue weighted by Crippen LogP contribution is 2.15. The molecule has 22 heavy (non-hydrogen) atoms. The van der Waals surface area contributed by atoms with Crippen LogP contribution < -0.4 is 5.32 Å². The molecule has 2 amide bonds. The predicted octanol–water partition coefficient (Wildman–Crippen LogP) is 1.98. The van der Waals surface area contributed by atoms with Crippen LogP contribution in [0.1, 0.15) is 30.9 Å². The minimum atomic E-state index is -0.187. The Morgan fingerprint density at radius 3 is 2.95 bits per heavy atom. The maximum Gasteiger partial charge on any atom is 0.247 e. The van der Waals surface area contributed by atoms with Gasteiger partial charge in [-0.05, 0) is 24.5 Å². The minimum absolute atomic E-state index is 0.187. The van der Waals surface area contributed by atoms with Crippen LogP contribution in [0.25, 0.3) is 0 Å². The summed E-state index contributed by atoms with van der Waals surface area (Å²) in [5, 5.41) is 2.80. The van der Waals surface area contributed by atoms with Gasteiger partial charge in [0.05, 0.1) is 12.9 Å². The normalized spacial score (nSPS) is 14.6. The molecule has 118 valence electrons. The zero-order valence-electron chi connectivity index (χ0n) is 12.9. The average Bonchev–Trinajstić information content (AvgIpc) is 2.91. The molecule has 1 aliphatic heterocycles. The fraction of sp³-hybridized carbons (Fsp3) is 0.412. The maximum absolute atomic E-state index is 11.7. The molecule has 1 aromatic carbocycles. The van der Waals surface area contributed by atoms with E-state index in [9.17, 15) is 9.59 Å². The van der Waals surface area contributed by atoms with Crippen LogP contribution >= 0.6 is 0 Å². The molecule has 0 saturated carbocycles. The van der Waals surface area contributed by atoms with Gasteiger partial charge in [-0.25, -0.2) is 0 Å². The lowest BCUT2D eigenvalue weighted by molar-refractivity contribution is -0.128. The van der Waals surface area contributed by atoms with Crippen molar-refractivity contribution in [2.75, 3.05) is 13.2 Å². The van der Waals surface area contributed by atoms with Gasteiger partial charge in [0.15, 0.2) is 0 Å². The van der Waals surface area contributed by atoms with E-state index >= 15 is 0 Å². The number of hydrogen-bond acceptors (Lipinski definition) is 3. The SMILES string of the molecule is CCOC=CC(=O)NCc1cccc(CN2CCCC2=O)c1. The molecular formula is C17H22N2O3. The summed E-state index contributed by atoms with van der Waals surface area (Å²) in [5.41, 5.74) is 2.11. The van der Waals surface area contributed by atoms with Crippen molar-refractivity contribution in [2.24, 2.45) is 0 Å². The van der Waals surface area contributed by atoms with Crippen LogP contribution in [0.2, 0.25) is 0 Å². The molecule has 1 aromatic rings. The lowest BCUT2D eigenvalue weighted by atomic mass is 10.1. The molecule has 5 heteroatoms. The van der Waals surface area contributed by atoms with Gasteiger partial charge in [-0.2, -0.15) is 0 Å². The first-order valence-electron chi connectivity index (χ1n) is 7.60. The number of likely N-dealkylation sites (tertiary alicyclic amines) is 1. The van der Waals surface area contributed by atoms with Crippen LogP contribution in [0.15, 0.2) is 36.6 Å². The molecule has 0 atom stereocenters. The van der Waals surface area contributed by atoms with Crippen LogP contribution in [0, 0.1) is 0 Å². The van der Waals surface area contributed by atoms with Gasteiger partial charge in [-0.1, -0.05) is 24.3 Å². The highest BCUT2D eigenvalue weighted by atomic mass is 16.5. The molecule has 2 rings (SSSR count). The first-order valence-corrected chi connectivity index (χ1v) is 7.60. The van der Waals surface area contributed by atoms with E-state index in [0.29, 0.717) is 26.1 Å². The molecule has 0 aromatic heterocycles. The van der Waals surface area contributed by atoms with Gasteiger partial charge in [-0.15, -0.1) is 0 Å². The van der Waals surface area contributed by atoms with Crippen molar-refractivity contribution in [1.29, 1.82) is 0 Å². The molecule has 0 aliphatic carbocycles. The van der Waals surface area contributed by atoms with E-state index < -0.39 is 0 Å². The van der Waals surface area contributed by atoms with Gasteiger partial charge in [0, 0.05) is 32.1 Å². The topological polar surface area (TPSA) is 58.6 Å². The molecule has 0 radical (unpaired) electrons. The quantitative estimate of drug-likeness (QED) is 0.619. The minimum Gasteiger partial charge on any atom is -0.501 e. The summed E-state index contributed by atoms with van der Waals surface area (Å²) in [6, 6.07) is 7.94. The van der Waals surface area contributed by atoms with Crippen molar-refractivity contribution in [2.45, 2.75) is 32.9 Å². The average molecular weight is 302 g/mol. The number of nitrogens with zero attached hydrogens (tertiary/aromatic N) is 1. The summed E-state index contributed by atoms with van der Waals surface area (Å²) in [7, 11) is 0. The van der Waals surface area contributed by atoms with Gasteiger partial charge >= 0.3 is 0 Å². The number of hydrogen-bond donors (Lipinski definition) is 1. The molecule has 1 heterocycles. The van der Waals surface area contributed by atoms with E-state index in [2.05, 4.69) is 5.32 Å². The van der Waals surface area contributed by atoms with Crippen molar-refractivity contribution in [3.05, 3.63) is 47.7 Å². The van der Waals surface area contributed by atoms with Crippen LogP contribution in [0.3, 0.4) is 0 Å². The Hall–Kier alpha value is -2.30. The molecule has 5 nitrogen and oxygen atoms in total. The number of carbonyl (C=O) groups excluding carboxylic acids is 2. The standard InChI is InChI=1S/C17H22N2O3/c1-2-22-10-8-16(20)18-12-14-5-3-6-15(11-14)13-19-9-4-7-17(19)21/h3,5-6,8,10-11H,2,4,7,9,12-13H2,1H3,(H,18,20). The van der Waals surface area contributed by atoms with Gasteiger partial charge in [-0.3, -0.25) is 9.59 Å². The Balaban J connectivity index is 1.86. The zero-order chi connectivity index (χ0) is 15.8. The Morgan fingerprint density at radius 2 is 2.23 bits per heavy atom. The van der Waals surface area contributed by atoms with Crippen LogP contribution in [0.5, 0.6) is 0 Å². The molecule has 0 spiro atoms. The van der Waals surface area contributed by atoms with E-state index in [-0.39, 0.29) is 11.8 Å². The summed E-state index contributed by atoms with van der Waals surface area (Å²) in [5.74, 6) is 0.0355. The van der Waals surface area contributed by atoms with Crippen molar-refractivity contribution < 1.29 is 14.3 Å². The van der Waals surface area contributed by atoms with E-state index in [4.69, 9.17) is 4.74 Å². The number of carbonyl (C=O) groups is 2. The number of nitrogens with one attached hydrogen (secondary N) is 1. The van der Waals surface area contributed by atoms with Crippen molar-refractivity contribution >= 4 is 11.8 Å². The number of rotatable bonds is 7. The van der Waals surface area contributed by atoms with E-state index in [1.807, 2.05) is 36.1 Å². The molecule has 0 unspecified atom stereocenters. The van der Waals surface area contributed by atoms with Gasteiger partial charge in [0.1, 0.15) is 0 Å². The Morgan fingerprint density at radius 1 is 1.41 bits per heavy atom. The largest absolute Gasteiger partial charge is 0.501 e. The molecule has 1 saturated heterocycles. The van der Waals surface area contributed by atoms with Crippen molar-refractivity contribution in [3.63, 3.8) is 0 Å². The summed E-state index contributed by atoms with van der Waals surface area (Å²) in [6.45, 7) is 4.34. The van der Waals surface area contributed by atoms with Crippen molar-refractivity contribution in [1.82, 2.24) is 10.2 Å². The number of benzene rings is 1. The smallest absolute Gasteiger partial charge is 0.247 e. The molecule has 0 bridgehead atoms. The van der Waals surface area contributed by atoms with Crippen molar-refractivity contribution in [3.8, 4) is 0 Å². The highest BCUT2D eigenvalue weighted by Gasteiger charge is 2.19. The van der Waals surface area contributed by atoms with Gasteiger partial charge < -0.3 is 15.0 Å². The summed E-state index contributed by atoms with van der Waals surface area (Å²) in [6.07, 6.45) is 4.36. The lowest BCUT2D eigenvalue weighted by Crippen LogP contribution is -2.24. The third kappa shape index (κ3) is 4.91. The molecule has 1 fully saturated rings. The van der Waals surface area contributed by atoms with Gasteiger partial charge in [0.2, 0.25) is 11.8 Å². The van der Waals surface area contributed by atoms with Gasteiger partial charge in [0.25, 0.3) is 0 Å². The lowest BCUT2D eigenvalue weighted by Gasteiger charge is -2.16. The summed E-state index contributed by atoms with van der Waals surface area (Å²) >= 11 is 0. The zero-order valence-corrected chi connectivity index (χ0v) is 12.9. The van der Waals surface area contributed by atoms with Crippen LogP contribution in [-0.2, 0) is 27.4 Å². The fourth-order valence-electron chi connectivity index (χ4n) is 2.38. The summed E-state index contributed by atoms with van der Waals surface area (Å²) < 4.78 is 4.98. The second kappa shape index (κ2) is 8.22. The number of amides is 2. The second-order valence-electron chi connectivity index (χ2n) is 5.21. The fourth-order valence-corrected chi connectivity index (χ4v) is 2.38. The first-order chi connectivity index (χ1) is 10.7. The van der Waals surface area contributed by atoms with E-state index in [1.54, 1.807) is 0 Å². The Labute approximate surface area is 130 Å². The van der Waals surface area contributed by atoms with Crippen LogP contribution in [0.4, 0.5) is 0 Å². The molecular weight excluding hydrogens is 280 g/mol.